The minimum absolute atomic E-state index is 0.231. The average Bonchev–Trinajstić information content (AvgIpc) is 2.73. The molecule has 2 heterocycles. The number of fused-ring (bicyclic) bond motifs is 1. The third kappa shape index (κ3) is 1.88. The van der Waals surface area contributed by atoms with Gasteiger partial charge in [0.15, 0.2) is 0 Å². The molecule has 0 spiro atoms. The number of nitrogens with one attached hydrogen (secondary N) is 1. The van der Waals surface area contributed by atoms with E-state index in [1.165, 1.54) is 30.7 Å². The van der Waals surface area contributed by atoms with Crippen molar-refractivity contribution in [1.29, 1.82) is 0 Å². The fourth-order valence-corrected chi connectivity index (χ4v) is 2.79. The zero-order chi connectivity index (χ0) is 11.0. The third-order valence-corrected chi connectivity index (χ3v) is 3.79. The average molecular weight is 220 g/mol. The second kappa shape index (κ2) is 4.21. The van der Waals surface area contributed by atoms with E-state index in [1.807, 2.05) is 0 Å². The molecule has 2 unspecified atom stereocenters. The van der Waals surface area contributed by atoms with Crippen LogP contribution < -0.4 is 0 Å². The molecular weight excluding hydrogens is 200 g/mol. The molecule has 1 aliphatic carbocycles. The molecule has 3 heteroatoms. The zero-order valence-electron chi connectivity index (χ0n) is 9.96. The SMILES string of the molecule is CC1CCc2nc(C3CCCCO3)[nH]c2C1. The molecule has 0 bridgehead atoms. The first-order chi connectivity index (χ1) is 7.83. The first-order valence-corrected chi connectivity index (χ1v) is 6.52. The highest BCUT2D eigenvalue weighted by atomic mass is 16.5. The topological polar surface area (TPSA) is 37.9 Å². The van der Waals surface area contributed by atoms with E-state index < -0.39 is 0 Å². The van der Waals surface area contributed by atoms with Crippen molar-refractivity contribution in [2.24, 2.45) is 5.92 Å². The Bertz CT molecular complexity index is 366. The van der Waals surface area contributed by atoms with Crippen molar-refractivity contribution >= 4 is 0 Å². The molecule has 0 aromatic carbocycles. The maximum absolute atomic E-state index is 5.77. The van der Waals surface area contributed by atoms with Crippen molar-refractivity contribution in [1.82, 2.24) is 9.97 Å². The number of aromatic nitrogens is 2. The van der Waals surface area contributed by atoms with Gasteiger partial charge in [0, 0.05) is 12.3 Å². The van der Waals surface area contributed by atoms with E-state index in [4.69, 9.17) is 9.72 Å². The predicted molar refractivity (Wildman–Crippen MR) is 62.3 cm³/mol. The Morgan fingerprint density at radius 1 is 1.31 bits per heavy atom. The van der Waals surface area contributed by atoms with Gasteiger partial charge in [-0.25, -0.2) is 4.98 Å². The molecular formula is C13H20N2O. The first-order valence-electron chi connectivity index (χ1n) is 6.52. The van der Waals surface area contributed by atoms with Crippen molar-refractivity contribution < 1.29 is 4.74 Å². The van der Waals surface area contributed by atoms with Crippen LogP contribution in [0.25, 0.3) is 0 Å². The van der Waals surface area contributed by atoms with Gasteiger partial charge in [-0.1, -0.05) is 6.92 Å². The van der Waals surface area contributed by atoms with Gasteiger partial charge in [-0.05, 0) is 44.4 Å². The summed E-state index contributed by atoms with van der Waals surface area (Å²) in [7, 11) is 0. The van der Waals surface area contributed by atoms with Crippen LogP contribution in [0.15, 0.2) is 0 Å². The van der Waals surface area contributed by atoms with E-state index in [1.54, 1.807) is 0 Å². The minimum atomic E-state index is 0.231. The van der Waals surface area contributed by atoms with Crippen molar-refractivity contribution in [2.75, 3.05) is 6.61 Å². The molecule has 1 N–H and O–H groups in total. The molecule has 2 atom stereocenters. The van der Waals surface area contributed by atoms with Crippen LogP contribution >= 0.6 is 0 Å². The number of H-pyrrole nitrogens is 1. The molecule has 1 aromatic rings. The molecule has 88 valence electrons. The largest absolute Gasteiger partial charge is 0.370 e. The van der Waals surface area contributed by atoms with Crippen molar-refractivity contribution in [2.45, 2.75) is 51.6 Å². The Hall–Kier alpha value is -0.830. The number of aryl methyl sites for hydroxylation is 1. The molecule has 3 nitrogen and oxygen atoms in total. The molecule has 1 saturated heterocycles. The van der Waals surface area contributed by atoms with Crippen LogP contribution in [0.5, 0.6) is 0 Å². The summed E-state index contributed by atoms with van der Waals surface area (Å²) in [4.78, 5) is 8.23. The summed E-state index contributed by atoms with van der Waals surface area (Å²) in [6.07, 6.45) is 7.41. The first kappa shape index (κ1) is 10.3. The van der Waals surface area contributed by atoms with E-state index in [2.05, 4.69) is 11.9 Å². The van der Waals surface area contributed by atoms with Gasteiger partial charge in [0.1, 0.15) is 11.9 Å². The Morgan fingerprint density at radius 2 is 2.25 bits per heavy atom. The molecule has 1 aliphatic heterocycles. The Kier molecular flexibility index (Phi) is 2.72. The summed E-state index contributed by atoms with van der Waals surface area (Å²) in [6, 6.07) is 0. The van der Waals surface area contributed by atoms with Gasteiger partial charge in [-0.2, -0.15) is 0 Å². The third-order valence-electron chi connectivity index (χ3n) is 3.79. The Morgan fingerprint density at radius 3 is 3.06 bits per heavy atom. The van der Waals surface area contributed by atoms with Gasteiger partial charge in [0.2, 0.25) is 0 Å². The maximum Gasteiger partial charge on any atom is 0.135 e. The van der Waals surface area contributed by atoms with Gasteiger partial charge < -0.3 is 9.72 Å². The van der Waals surface area contributed by atoms with E-state index in [-0.39, 0.29) is 6.10 Å². The number of imidazole rings is 1. The number of hydrogen-bond donors (Lipinski definition) is 1. The smallest absolute Gasteiger partial charge is 0.135 e. The highest BCUT2D eigenvalue weighted by Crippen LogP contribution is 2.29. The lowest BCUT2D eigenvalue weighted by atomic mass is 9.92. The van der Waals surface area contributed by atoms with Gasteiger partial charge in [-0.3, -0.25) is 0 Å². The quantitative estimate of drug-likeness (QED) is 0.790. The van der Waals surface area contributed by atoms with Crippen LogP contribution in [0.2, 0.25) is 0 Å². The van der Waals surface area contributed by atoms with E-state index >= 15 is 0 Å². The predicted octanol–water partition coefficient (Wildman–Crippen LogP) is 2.78. The van der Waals surface area contributed by atoms with Crippen LogP contribution in [0.3, 0.4) is 0 Å². The standard InChI is InChI=1S/C13H20N2O/c1-9-5-6-10-11(8-9)15-13(14-10)12-4-2-3-7-16-12/h9,12H,2-8H2,1H3,(H,14,15). The van der Waals surface area contributed by atoms with Crippen molar-refractivity contribution in [3.05, 3.63) is 17.2 Å². The highest BCUT2D eigenvalue weighted by molar-refractivity contribution is 5.19. The lowest BCUT2D eigenvalue weighted by Crippen LogP contribution is -2.12. The van der Waals surface area contributed by atoms with E-state index in [9.17, 15) is 0 Å². The summed E-state index contributed by atoms with van der Waals surface area (Å²) in [5.41, 5.74) is 2.66. The van der Waals surface area contributed by atoms with E-state index in [0.29, 0.717) is 0 Å². The van der Waals surface area contributed by atoms with Gasteiger partial charge in [-0.15, -0.1) is 0 Å². The molecule has 0 radical (unpaired) electrons. The Labute approximate surface area is 96.6 Å². The maximum atomic E-state index is 5.77. The van der Waals surface area contributed by atoms with Crippen molar-refractivity contribution in [3.8, 4) is 0 Å². The Balaban J connectivity index is 1.80. The zero-order valence-corrected chi connectivity index (χ0v) is 9.96. The van der Waals surface area contributed by atoms with Crippen LogP contribution in [0.1, 0.15) is 55.9 Å². The van der Waals surface area contributed by atoms with Crippen molar-refractivity contribution in [3.63, 3.8) is 0 Å². The van der Waals surface area contributed by atoms with Gasteiger partial charge in [0.05, 0.1) is 5.69 Å². The molecule has 0 amide bonds. The highest BCUT2D eigenvalue weighted by Gasteiger charge is 2.24. The molecule has 1 aromatic heterocycles. The minimum Gasteiger partial charge on any atom is -0.370 e. The number of aromatic amines is 1. The number of ether oxygens (including phenoxy) is 1. The summed E-state index contributed by atoms with van der Waals surface area (Å²) in [5, 5.41) is 0. The second-order valence-electron chi connectivity index (χ2n) is 5.25. The fraction of sp³-hybridized carbons (Fsp3) is 0.769. The number of nitrogens with zero attached hydrogens (tertiary/aromatic N) is 1. The summed E-state index contributed by atoms with van der Waals surface area (Å²) >= 11 is 0. The monoisotopic (exact) mass is 220 g/mol. The van der Waals surface area contributed by atoms with E-state index in [0.717, 1.165) is 37.6 Å². The lowest BCUT2D eigenvalue weighted by Gasteiger charge is -2.20. The molecule has 2 aliphatic rings. The second-order valence-corrected chi connectivity index (χ2v) is 5.25. The molecule has 1 fully saturated rings. The fourth-order valence-electron chi connectivity index (χ4n) is 2.79. The molecule has 16 heavy (non-hydrogen) atoms. The lowest BCUT2D eigenvalue weighted by molar-refractivity contribution is 0.00985. The van der Waals surface area contributed by atoms with Crippen LogP contribution in [0.4, 0.5) is 0 Å². The number of hydrogen-bond acceptors (Lipinski definition) is 2. The molecule has 0 saturated carbocycles. The summed E-state index contributed by atoms with van der Waals surface area (Å²) < 4.78 is 5.77. The van der Waals surface area contributed by atoms with Crippen LogP contribution in [-0.4, -0.2) is 16.6 Å². The van der Waals surface area contributed by atoms with Crippen LogP contribution in [-0.2, 0) is 17.6 Å². The summed E-state index contributed by atoms with van der Waals surface area (Å²) in [6.45, 7) is 3.22. The van der Waals surface area contributed by atoms with Gasteiger partial charge >= 0.3 is 0 Å². The summed E-state index contributed by atoms with van der Waals surface area (Å²) in [5.74, 6) is 1.88. The number of rotatable bonds is 1. The molecule has 3 rings (SSSR count). The van der Waals surface area contributed by atoms with Gasteiger partial charge in [0.25, 0.3) is 0 Å². The normalized spacial score (nSPS) is 30.1. The van der Waals surface area contributed by atoms with Crippen LogP contribution in [0, 0.1) is 5.92 Å².